The normalized spacial score (nSPS) is 11.9. The molecule has 0 radical (unpaired) electrons. The molecular weight excluding hydrogens is 345 g/mol. The monoisotopic (exact) mass is 357 g/mol. The van der Waals surface area contributed by atoms with Gasteiger partial charge in [0.15, 0.2) is 6.10 Å². The second-order valence-corrected chi connectivity index (χ2v) is 5.86. The molecule has 5 nitrogen and oxygen atoms in total. The fourth-order valence-electron chi connectivity index (χ4n) is 2.54. The first-order valence-electron chi connectivity index (χ1n) is 7.41. The number of fused-ring (bicyclic) bond motifs is 1. The summed E-state index contributed by atoms with van der Waals surface area (Å²) < 4.78 is 15.4. The van der Waals surface area contributed by atoms with E-state index < -0.39 is 17.8 Å². The minimum atomic E-state index is -1.38. The van der Waals surface area contributed by atoms with E-state index in [2.05, 4.69) is 5.32 Å². The van der Waals surface area contributed by atoms with Gasteiger partial charge in [-0.15, -0.1) is 0 Å². The van der Waals surface area contributed by atoms with Gasteiger partial charge in [-0.1, -0.05) is 23.7 Å². The Hall–Kier alpha value is -2.88. The summed E-state index contributed by atoms with van der Waals surface area (Å²) >= 11 is 5.91. The van der Waals surface area contributed by atoms with Gasteiger partial charge >= 0.3 is 0 Å². The molecule has 0 aliphatic carbocycles. The fourth-order valence-corrected chi connectivity index (χ4v) is 2.77. The van der Waals surface area contributed by atoms with Crippen LogP contribution in [0, 0.1) is 17.1 Å². The van der Waals surface area contributed by atoms with Gasteiger partial charge in [0.25, 0.3) is 5.91 Å². The van der Waals surface area contributed by atoms with E-state index in [0.717, 1.165) is 0 Å². The van der Waals surface area contributed by atoms with E-state index in [4.69, 9.17) is 16.9 Å². The summed E-state index contributed by atoms with van der Waals surface area (Å²) in [7, 11) is 0. The molecule has 1 amide bonds. The summed E-state index contributed by atoms with van der Waals surface area (Å²) in [6.07, 6.45) is 0.229. The number of aromatic nitrogens is 1. The molecule has 3 aromatic rings. The molecule has 1 aromatic heterocycles. The highest BCUT2D eigenvalue weighted by molar-refractivity contribution is 6.32. The smallest absolute Gasteiger partial charge is 0.255 e. The molecule has 2 N–H and O–H groups in total. The van der Waals surface area contributed by atoms with Crippen LogP contribution in [0.1, 0.15) is 5.56 Å². The summed E-state index contributed by atoms with van der Waals surface area (Å²) in [5.41, 5.74) is 0.974. The maximum atomic E-state index is 14.0. The lowest BCUT2D eigenvalue weighted by molar-refractivity contribution is -0.124. The standard InChI is InChI=1S/C18H13ClFN3O2/c19-14-8-13(5-4-12(14)9-21)22-18(25)16(24)10-23-7-6-11-2-1-3-15(20)17(11)23/h1-8,16,24H,10H2,(H,22,25)/t16-/m0/s1. The molecule has 0 saturated heterocycles. The van der Waals surface area contributed by atoms with Crippen LogP contribution in [0.4, 0.5) is 10.1 Å². The maximum Gasteiger partial charge on any atom is 0.255 e. The van der Waals surface area contributed by atoms with Crippen LogP contribution in [-0.4, -0.2) is 21.7 Å². The van der Waals surface area contributed by atoms with Crippen LogP contribution < -0.4 is 5.32 Å². The third kappa shape index (κ3) is 3.48. The van der Waals surface area contributed by atoms with Crippen LogP contribution >= 0.6 is 11.6 Å². The number of nitrogens with one attached hydrogen (secondary N) is 1. The predicted molar refractivity (Wildman–Crippen MR) is 92.7 cm³/mol. The molecule has 0 aliphatic heterocycles. The van der Waals surface area contributed by atoms with Gasteiger partial charge < -0.3 is 15.0 Å². The van der Waals surface area contributed by atoms with Crippen molar-refractivity contribution in [2.45, 2.75) is 12.6 Å². The van der Waals surface area contributed by atoms with E-state index in [1.807, 2.05) is 6.07 Å². The van der Waals surface area contributed by atoms with Crippen molar-refractivity contribution in [3.05, 3.63) is 65.1 Å². The lowest BCUT2D eigenvalue weighted by atomic mass is 10.2. The zero-order valence-corrected chi connectivity index (χ0v) is 13.7. The molecule has 0 bridgehead atoms. The first kappa shape index (κ1) is 17.0. The Labute approximate surface area is 147 Å². The van der Waals surface area contributed by atoms with Crippen LogP contribution in [0.25, 0.3) is 10.9 Å². The summed E-state index contributed by atoms with van der Waals surface area (Å²) in [6, 6.07) is 12.7. The van der Waals surface area contributed by atoms with Gasteiger partial charge in [0, 0.05) is 17.3 Å². The summed E-state index contributed by atoms with van der Waals surface area (Å²) in [5.74, 6) is -1.08. The average Bonchev–Trinajstić information content (AvgIpc) is 2.99. The largest absolute Gasteiger partial charge is 0.381 e. The SMILES string of the molecule is N#Cc1ccc(NC(=O)[C@@H](O)Cn2ccc3cccc(F)c32)cc1Cl. The molecule has 3 rings (SSSR count). The number of nitriles is 1. The van der Waals surface area contributed by atoms with Crippen LogP contribution in [0.15, 0.2) is 48.7 Å². The van der Waals surface area contributed by atoms with Crippen molar-refractivity contribution in [3.8, 4) is 6.07 Å². The lowest BCUT2D eigenvalue weighted by Crippen LogP contribution is -2.31. The first-order chi connectivity index (χ1) is 12.0. The Balaban J connectivity index is 1.74. The number of rotatable bonds is 4. The molecule has 1 atom stereocenters. The molecule has 0 saturated carbocycles. The second-order valence-electron chi connectivity index (χ2n) is 5.46. The number of para-hydroxylation sites is 1. The van der Waals surface area contributed by atoms with Gasteiger partial charge in [-0.05, 0) is 30.3 Å². The van der Waals surface area contributed by atoms with Crippen molar-refractivity contribution >= 4 is 34.1 Å². The number of aliphatic hydroxyl groups is 1. The van der Waals surface area contributed by atoms with Crippen molar-refractivity contribution < 1.29 is 14.3 Å². The zero-order chi connectivity index (χ0) is 18.0. The van der Waals surface area contributed by atoms with E-state index in [1.165, 1.54) is 28.8 Å². The van der Waals surface area contributed by atoms with Crippen LogP contribution in [0.2, 0.25) is 5.02 Å². The number of carbonyl (C=O) groups is 1. The van der Waals surface area contributed by atoms with Gasteiger partial charge in [-0.3, -0.25) is 4.79 Å². The Bertz CT molecular complexity index is 994. The summed E-state index contributed by atoms with van der Waals surface area (Å²) in [5, 5.41) is 22.4. The second kappa shape index (κ2) is 6.93. The van der Waals surface area contributed by atoms with Crippen molar-refractivity contribution in [1.29, 1.82) is 5.26 Å². The Morgan fingerprint density at radius 1 is 1.36 bits per heavy atom. The van der Waals surface area contributed by atoms with Crippen LogP contribution in [-0.2, 0) is 11.3 Å². The number of hydrogen-bond acceptors (Lipinski definition) is 3. The topological polar surface area (TPSA) is 78.1 Å². The molecule has 0 aliphatic rings. The molecule has 0 fully saturated rings. The number of carbonyl (C=O) groups excluding carboxylic acids is 1. The third-order valence-electron chi connectivity index (χ3n) is 3.77. The number of aliphatic hydroxyl groups excluding tert-OH is 1. The third-order valence-corrected chi connectivity index (χ3v) is 4.08. The fraction of sp³-hybridized carbons (Fsp3) is 0.111. The highest BCUT2D eigenvalue weighted by atomic mass is 35.5. The maximum absolute atomic E-state index is 14.0. The molecule has 126 valence electrons. The Morgan fingerprint density at radius 2 is 2.16 bits per heavy atom. The van der Waals surface area contributed by atoms with Crippen molar-refractivity contribution in [2.24, 2.45) is 0 Å². The van der Waals surface area contributed by atoms with Crippen molar-refractivity contribution in [3.63, 3.8) is 0 Å². The van der Waals surface area contributed by atoms with Crippen LogP contribution in [0.3, 0.4) is 0 Å². The highest BCUT2D eigenvalue weighted by Gasteiger charge is 2.18. The summed E-state index contributed by atoms with van der Waals surface area (Å²) in [6.45, 7) is -0.0969. The number of anilines is 1. The molecule has 2 aromatic carbocycles. The molecule has 0 spiro atoms. The van der Waals surface area contributed by atoms with Crippen molar-refractivity contribution in [1.82, 2.24) is 4.57 Å². The molecular formula is C18H13ClFN3O2. The highest BCUT2D eigenvalue weighted by Crippen LogP contribution is 2.21. The number of nitrogens with zero attached hydrogens (tertiary/aromatic N) is 2. The van der Waals surface area contributed by atoms with E-state index in [-0.39, 0.29) is 17.1 Å². The average molecular weight is 358 g/mol. The number of hydrogen-bond donors (Lipinski definition) is 2. The molecule has 1 heterocycles. The Kier molecular flexibility index (Phi) is 4.70. The number of benzene rings is 2. The Morgan fingerprint density at radius 3 is 2.88 bits per heavy atom. The summed E-state index contributed by atoms with van der Waals surface area (Å²) in [4.78, 5) is 12.1. The quantitative estimate of drug-likeness (QED) is 0.752. The van der Waals surface area contributed by atoms with Crippen LogP contribution in [0.5, 0.6) is 0 Å². The van der Waals surface area contributed by atoms with Gasteiger partial charge in [-0.25, -0.2) is 4.39 Å². The minimum absolute atomic E-state index is 0.0969. The lowest BCUT2D eigenvalue weighted by Gasteiger charge is -2.14. The predicted octanol–water partition coefficient (Wildman–Crippen LogP) is 3.31. The van der Waals surface area contributed by atoms with Gasteiger partial charge in [0.2, 0.25) is 0 Å². The zero-order valence-electron chi connectivity index (χ0n) is 12.9. The van der Waals surface area contributed by atoms with E-state index in [1.54, 1.807) is 24.4 Å². The molecule has 7 heteroatoms. The molecule has 0 unspecified atom stereocenters. The van der Waals surface area contributed by atoms with Crippen molar-refractivity contribution in [2.75, 3.05) is 5.32 Å². The van der Waals surface area contributed by atoms with E-state index in [0.29, 0.717) is 16.6 Å². The van der Waals surface area contributed by atoms with E-state index >= 15 is 0 Å². The number of amides is 1. The van der Waals surface area contributed by atoms with Gasteiger partial charge in [0.05, 0.1) is 22.6 Å². The van der Waals surface area contributed by atoms with E-state index in [9.17, 15) is 14.3 Å². The van der Waals surface area contributed by atoms with Gasteiger partial charge in [0.1, 0.15) is 11.9 Å². The molecule has 25 heavy (non-hydrogen) atoms. The minimum Gasteiger partial charge on any atom is -0.381 e. The number of halogens is 2. The van der Waals surface area contributed by atoms with Gasteiger partial charge in [-0.2, -0.15) is 5.26 Å². The first-order valence-corrected chi connectivity index (χ1v) is 7.79.